The molecule has 8 heteroatoms. The summed E-state index contributed by atoms with van der Waals surface area (Å²) < 4.78 is 28.3. The summed E-state index contributed by atoms with van der Waals surface area (Å²) in [7, 11) is -3.84. The number of aromatic nitrogens is 2. The Morgan fingerprint density at radius 3 is 2.73 bits per heavy atom. The normalized spacial score (nSPS) is 21.0. The molecule has 3 aromatic rings. The SMILES string of the molecule is C[C@@H](NC(=O)[C@@H]1CC2(CC2)CN1)c1cc2cnccc2n1S(=O)(=O)c1ccccc1. The largest absolute Gasteiger partial charge is 0.347 e. The molecule has 1 aliphatic carbocycles. The minimum absolute atomic E-state index is 0.0849. The molecule has 1 spiro atoms. The van der Waals surface area contributed by atoms with Crippen LogP contribution < -0.4 is 10.6 Å². The fourth-order valence-corrected chi connectivity index (χ4v) is 5.99. The molecule has 7 nitrogen and oxygen atoms in total. The van der Waals surface area contributed by atoms with Gasteiger partial charge in [-0.3, -0.25) is 9.78 Å². The molecule has 30 heavy (non-hydrogen) atoms. The first-order valence-corrected chi connectivity index (χ1v) is 11.6. The van der Waals surface area contributed by atoms with Crippen LogP contribution in [0.1, 0.15) is 37.9 Å². The molecule has 0 unspecified atom stereocenters. The number of nitrogens with one attached hydrogen (secondary N) is 2. The van der Waals surface area contributed by atoms with Gasteiger partial charge in [0.05, 0.1) is 28.2 Å². The fourth-order valence-electron chi connectivity index (χ4n) is 4.37. The van der Waals surface area contributed by atoms with Crippen molar-refractivity contribution in [2.75, 3.05) is 6.54 Å². The van der Waals surface area contributed by atoms with Crippen LogP contribution in [0.15, 0.2) is 59.8 Å². The lowest BCUT2D eigenvalue weighted by atomic mass is 10.0. The predicted octanol–water partition coefficient (Wildman–Crippen LogP) is 2.59. The maximum atomic E-state index is 13.5. The van der Waals surface area contributed by atoms with E-state index in [2.05, 4.69) is 15.6 Å². The molecule has 0 bridgehead atoms. The zero-order valence-electron chi connectivity index (χ0n) is 16.7. The molecule has 2 aromatic heterocycles. The average molecular weight is 425 g/mol. The van der Waals surface area contributed by atoms with Gasteiger partial charge in [0, 0.05) is 24.3 Å². The smallest absolute Gasteiger partial charge is 0.268 e. The van der Waals surface area contributed by atoms with Gasteiger partial charge in [-0.1, -0.05) is 18.2 Å². The second kappa shape index (κ2) is 6.92. The number of nitrogens with zero attached hydrogens (tertiary/aromatic N) is 2. The molecule has 1 saturated carbocycles. The first-order valence-electron chi connectivity index (χ1n) is 10.2. The third kappa shape index (κ3) is 3.20. The van der Waals surface area contributed by atoms with E-state index in [1.165, 1.54) is 16.8 Å². The monoisotopic (exact) mass is 424 g/mol. The van der Waals surface area contributed by atoms with Crippen molar-refractivity contribution in [3.05, 3.63) is 60.6 Å². The lowest BCUT2D eigenvalue weighted by Gasteiger charge is -2.20. The Morgan fingerprint density at radius 2 is 2.03 bits per heavy atom. The van der Waals surface area contributed by atoms with Gasteiger partial charge in [0.2, 0.25) is 5.91 Å². The van der Waals surface area contributed by atoms with E-state index in [-0.39, 0.29) is 16.8 Å². The average Bonchev–Trinajstić information content (AvgIpc) is 3.19. The van der Waals surface area contributed by atoms with Crippen LogP contribution in [0.5, 0.6) is 0 Å². The summed E-state index contributed by atoms with van der Waals surface area (Å²) >= 11 is 0. The number of hydrogen-bond acceptors (Lipinski definition) is 5. The highest BCUT2D eigenvalue weighted by atomic mass is 32.2. The van der Waals surface area contributed by atoms with Crippen molar-refractivity contribution in [3.8, 4) is 0 Å². The van der Waals surface area contributed by atoms with Gasteiger partial charge in [0.15, 0.2) is 0 Å². The third-order valence-corrected chi connectivity index (χ3v) is 8.06. The molecule has 3 heterocycles. The zero-order valence-corrected chi connectivity index (χ0v) is 17.5. The Balaban J connectivity index is 1.51. The molecular weight excluding hydrogens is 400 g/mol. The molecule has 1 aromatic carbocycles. The lowest BCUT2D eigenvalue weighted by molar-refractivity contribution is -0.123. The van der Waals surface area contributed by atoms with E-state index in [9.17, 15) is 13.2 Å². The van der Waals surface area contributed by atoms with Gasteiger partial charge in [-0.25, -0.2) is 12.4 Å². The molecule has 156 valence electrons. The molecule has 1 saturated heterocycles. The molecule has 2 N–H and O–H groups in total. The van der Waals surface area contributed by atoms with Gasteiger partial charge in [0.25, 0.3) is 10.0 Å². The maximum absolute atomic E-state index is 13.5. The maximum Gasteiger partial charge on any atom is 0.268 e. The molecule has 2 atom stereocenters. The van der Waals surface area contributed by atoms with Crippen LogP contribution in [0.2, 0.25) is 0 Å². The van der Waals surface area contributed by atoms with Crippen molar-refractivity contribution in [2.24, 2.45) is 5.41 Å². The second-order valence-corrected chi connectivity index (χ2v) is 10.2. The standard InChI is InChI=1S/C22H24N4O3S/c1-15(25-21(27)18-12-22(8-9-22)14-24-18)20-11-16-13-23-10-7-19(16)26(20)30(28,29)17-5-3-2-4-6-17/h2-7,10-11,13,15,18,24H,8-9,12,14H2,1H3,(H,25,27)/t15-,18+/m1/s1. The van der Waals surface area contributed by atoms with Crippen molar-refractivity contribution < 1.29 is 13.2 Å². The van der Waals surface area contributed by atoms with Gasteiger partial charge in [-0.05, 0) is 55.9 Å². The first kappa shape index (κ1) is 19.3. The highest BCUT2D eigenvalue weighted by Crippen LogP contribution is 2.51. The summed E-state index contributed by atoms with van der Waals surface area (Å²) in [6.07, 6.45) is 6.41. The van der Waals surface area contributed by atoms with E-state index >= 15 is 0 Å². The van der Waals surface area contributed by atoms with Crippen LogP contribution in [-0.2, 0) is 14.8 Å². The van der Waals surface area contributed by atoms with Crippen LogP contribution in [0.4, 0.5) is 0 Å². The fraction of sp³-hybridized carbons (Fsp3) is 0.364. The minimum Gasteiger partial charge on any atom is -0.347 e. The van der Waals surface area contributed by atoms with Gasteiger partial charge >= 0.3 is 0 Å². The highest BCUT2D eigenvalue weighted by Gasteiger charge is 2.50. The topological polar surface area (TPSA) is 93.1 Å². The van der Waals surface area contributed by atoms with E-state index in [1.807, 2.05) is 6.92 Å². The van der Waals surface area contributed by atoms with Gasteiger partial charge < -0.3 is 10.6 Å². The molecular formula is C22H24N4O3S. The van der Waals surface area contributed by atoms with Crippen molar-refractivity contribution in [2.45, 2.75) is 43.2 Å². The summed E-state index contributed by atoms with van der Waals surface area (Å²) in [6.45, 7) is 2.70. The molecule has 5 rings (SSSR count). The van der Waals surface area contributed by atoms with Gasteiger partial charge in [0.1, 0.15) is 0 Å². The zero-order chi connectivity index (χ0) is 20.9. The van der Waals surface area contributed by atoms with E-state index in [0.717, 1.165) is 13.0 Å². The summed E-state index contributed by atoms with van der Waals surface area (Å²) in [4.78, 5) is 17.2. The molecule has 2 fully saturated rings. The van der Waals surface area contributed by atoms with Crippen LogP contribution in [0.25, 0.3) is 10.9 Å². The van der Waals surface area contributed by atoms with Gasteiger partial charge in [-0.2, -0.15) is 0 Å². The number of fused-ring (bicyclic) bond motifs is 1. The Bertz CT molecular complexity index is 1220. The molecule has 2 aliphatic rings. The van der Waals surface area contributed by atoms with E-state index in [4.69, 9.17) is 0 Å². The number of pyridine rings is 1. The van der Waals surface area contributed by atoms with Gasteiger partial charge in [-0.15, -0.1) is 0 Å². The van der Waals surface area contributed by atoms with E-state index in [0.29, 0.717) is 22.0 Å². The van der Waals surface area contributed by atoms with Crippen molar-refractivity contribution >= 4 is 26.8 Å². The number of amides is 1. The number of hydrogen-bond donors (Lipinski definition) is 2. The molecule has 1 amide bonds. The predicted molar refractivity (Wildman–Crippen MR) is 113 cm³/mol. The number of carbonyl (C=O) groups excluding carboxylic acids is 1. The van der Waals surface area contributed by atoms with Crippen LogP contribution in [0, 0.1) is 5.41 Å². The van der Waals surface area contributed by atoms with E-state index in [1.54, 1.807) is 54.9 Å². The number of benzene rings is 1. The van der Waals surface area contributed by atoms with Crippen molar-refractivity contribution in [3.63, 3.8) is 0 Å². The Morgan fingerprint density at radius 1 is 1.27 bits per heavy atom. The third-order valence-electron chi connectivity index (χ3n) is 6.30. The molecule has 1 aliphatic heterocycles. The second-order valence-electron chi connectivity index (χ2n) is 8.45. The summed E-state index contributed by atoms with van der Waals surface area (Å²) in [5.74, 6) is -0.0849. The van der Waals surface area contributed by atoms with Crippen LogP contribution in [-0.4, -0.2) is 35.9 Å². The van der Waals surface area contributed by atoms with Crippen molar-refractivity contribution in [1.82, 2.24) is 19.6 Å². The minimum atomic E-state index is -3.84. The summed E-state index contributed by atoms with van der Waals surface area (Å²) in [5.41, 5.74) is 1.36. The number of carbonyl (C=O) groups is 1. The summed E-state index contributed by atoms with van der Waals surface area (Å²) in [6, 6.07) is 11.1. The van der Waals surface area contributed by atoms with Crippen LogP contribution in [0.3, 0.4) is 0 Å². The Kier molecular flexibility index (Phi) is 4.44. The van der Waals surface area contributed by atoms with Crippen LogP contribution >= 0.6 is 0 Å². The lowest BCUT2D eigenvalue weighted by Crippen LogP contribution is -2.42. The quantitative estimate of drug-likeness (QED) is 0.657. The Hall–Kier alpha value is -2.71. The number of rotatable bonds is 5. The molecule has 0 radical (unpaired) electrons. The highest BCUT2D eigenvalue weighted by molar-refractivity contribution is 7.90. The summed E-state index contributed by atoms with van der Waals surface area (Å²) in [5, 5.41) is 7.05. The first-order chi connectivity index (χ1) is 14.4. The Labute approximate surface area is 175 Å². The van der Waals surface area contributed by atoms with E-state index < -0.39 is 16.1 Å². The van der Waals surface area contributed by atoms with Crippen molar-refractivity contribution in [1.29, 1.82) is 0 Å².